The summed E-state index contributed by atoms with van der Waals surface area (Å²) in [7, 11) is 1.41. The molecule has 2 heterocycles. The second kappa shape index (κ2) is 4.70. The minimum Gasteiger partial charge on any atom is -0.467 e. The van der Waals surface area contributed by atoms with Crippen molar-refractivity contribution < 1.29 is 4.74 Å². The Morgan fingerprint density at radius 3 is 2.72 bits per heavy atom. The molecule has 0 atom stereocenters. The smallest absolute Gasteiger partial charge is 0.318 e. The number of aromatic nitrogens is 4. The third-order valence-electron chi connectivity index (χ3n) is 2.09. The summed E-state index contributed by atoms with van der Waals surface area (Å²) in [5, 5.41) is 18.0. The molecular formula is C10H5ClN6O. The van der Waals surface area contributed by atoms with Gasteiger partial charge in [-0.25, -0.2) is 9.97 Å². The Labute approximate surface area is 107 Å². The van der Waals surface area contributed by atoms with Crippen LogP contribution in [0.15, 0.2) is 12.5 Å². The molecule has 2 rings (SSSR count). The van der Waals surface area contributed by atoms with Gasteiger partial charge in [-0.15, -0.1) is 0 Å². The highest BCUT2D eigenvalue weighted by Crippen LogP contribution is 2.21. The Bertz CT molecular complexity index is 681. The van der Waals surface area contributed by atoms with Gasteiger partial charge in [0, 0.05) is 0 Å². The molecule has 0 N–H and O–H groups in total. The SMILES string of the molecule is COc1ncc(Cl)c(-n2cnc(C#N)c2C#N)n1. The van der Waals surface area contributed by atoms with Crippen LogP contribution in [0.25, 0.3) is 5.82 Å². The number of ether oxygens (including phenoxy) is 1. The maximum atomic E-state index is 9.02. The molecule has 0 radical (unpaired) electrons. The molecule has 88 valence electrons. The molecule has 8 heteroatoms. The lowest BCUT2D eigenvalue weighted by Gasteiger charge is -2.06. The first kappa shape index (κ1) is 11.8. The van der Waals surface area contributed by atoms with E-state index in [1.54, 1.807) is 0 Å². The van der Waals surface area contributed by atoms with Gasteiger partial charge in [0.1, 0.15) is 23.5 Å². The van der Waals surface area contributed by atoms with E-state index in [1.807, 2.05) is 12.1 Å². The fourth-order valence-corrected chi connectivity index (χ4v) is 1.49. The monoisotopic (exact) mass is 260 g/mol. The van der Waals surface area contributed by atoms with Gasteiger partial charge in [-0.1, -0.05) is 11.6 Å². The fraction of sp³-hybridized carbons (Fsp3) is 0.100. The van der Waals surface area contributed by atoms with Gasteiger partial charge in [0.05, 0.1) is 13.3 Å². The standard InChI is InChI=1S/C10H5ClN6O/c1-18-10-14-4-6(11)9(16-10)17-5-15-7(2-12)8(17)3-13/h4-5H,1H3. The van der Waals surface area contributed by atoms with Crippen molar-refractivity contribution in [3.05, 3.63) is 28.9 Å². The van der Waals surface area contributed by atoms with E-state index >= 15 is 0 Å². The molecule has 2 aromatic heterocycles. The molecule has 7 nitrogen and oxygen atoms in total. The largest absolute Gasteiger partial charge is 0.467 e. The molecule has 0 bridgehead atoms. The predicted molar refractivity (Wildman–Crippen MR) is 60.1 cm³/mol. The molecule has 18 heavy (non-hydrogen) atoms. The van der Waals surface area contributed by atoms with Crippen LogP contribution in [0.3, 0.4) is 0 Å². The van der Waals surface area contributed by atoms with Gasteiger partial charge in [0.15, 0.2) is 17.2 Å². The van der Waals surface area contributed by atoms with Crippen molar-refractivity contribution in [3.63, 3.8) is 0 Å². The van der Waals surface area contributed by atoms with E-state index < -0.39 is 0 Å². The van der Waals surface area contributed by atoms with Crippen molar-refractivity contribution in [2.75, 3.05) is 7.11 Å². The summed E-state index contributed by atoms with van der Waals surface area (Å²) in [6.45, 7) is 0. The summed E-state index contributed by atoms with van der Waals surface area (Å²) >= 11 is 5.95. The molecule has 0 spiro atoms. The van der Waals surface area contributed by atoms with Crippen LogP contribution in [0.1, 0.15) is 11.4 Å². The van der Waals surface area contributed by atoms with Crippen LogP contribution in [0.2, 0.25) is 5.02 Å². The summed E-state index contributed by atoms with van der Waals surface area (Å²) in [5.74, 6) is 0.231. The van der Waals surface area contributed by atoms with E-state index in [0.717, 1.165) is 0 Å². The first-order chi connectivity index (χ1) is 8.71. The average Bonchev–Trinajstić information content (AvgIpc) is 2.82. The van der Waals surface area contributed by atoms with Crippen molar-refractivity contribution in [2.45, 2.75) is 0 Å². The molecule has 0 aromatic carbocycles. The maximum absolute atomic E-state index is 9.02. The van der Waals surface area contributed by atoms with E-state index in [0.29, 0.717) is 0 Å². The topological polar surface area (TPSA) is 100 Å². The van der Waals surface area contributed by atoms with Crippen LogP contribution in [0.4, 0.5) is 0 Å². The maximum Gasteiger partial charge on any atom is 0.318 e. The zero-order valence-electron chi connectivity index (χ0n) is 9.12. The van der Waals surface area contributed by atoms with Crippen LogP contribution in [-0.2, 0) is 0 Å². The number of rotatable bonds is 2. The first-order valence-corrected chi connectivity index (χ1v) is 5.03. The Balaban J connectivity index is 2.67. The highest BCUT2D eigenvalue weighted by atomic mass is 35.5. The number of nitrogens with zero attached hydrogens (tertiary/aromatic N) is 6. The third kappa shape index (κ3) is 1.83. The fourth-order valence-electron chi connectivity index (χ4n) is 1.31. The van der Waals surface area contributed by atoms with E-state index in [1.165, 1.54) is 24.2 Å². The number of methoxy groups -OCH3 is 1. The Morgan fingerprint density at radius 2 is 2.11 bits per heavy atom. The number of hydrogen-bond acceptors (Lipinski definition) is 6. The van der Waals surface area contributed by atoms with Crippen LogP contribution in [0, 0.1) is 22.7 Å². The zero-order chi connectivity index (χ0) is 13.1. The van der Waals surface area contributed by atoms with Crippen LogP contribution < -0.4 is 4.74 Å². The molecule has 0 aliphatic carbocycles. The number of hydrogen-bond donors (Lipinski definition) is 0. The van der Waals surface area contributed by atoms with Gasteiger partial charge in [-0.3, -0.25) is 4.57 Å². The highest BCUT2D eigenvalue weighted by molar-refractivity contribution is 6.32. The van der Waals surface area contributed by atoms with Gasteiger partial charge < -0.3 is 4.74 Å². The molecule has 0 unspecified atom stereocenters. The third-order valence-corrected chi connectivity index (χ3v) is 2.36. The van der Waals surface area contributed by atoms with Crippen LogP contribution >= 0.6 is 11.6 Å². The summed E-state index contributed by atoms with van der Waals surface area (Å²) in [5.41, 5.74) is 0.0614. The minimum atomic E-state index is 0.00569. The summed E-state index contributed by atoms with van der Waals surface area (Å²) in [4.78, 5) is 11.6. The van der Waals surface area contributed by atoms with Gasteiger partial charge >= 0.3 is 6.01 Å². The Morgan fingerprint density at radius 1 is 1.33 bits per heavy atom. The van der Waals surface area contributed by atoms with Crippen LogP contribution in [-0.4, -0.2) is 26.6 Å². The lowest BCUT2D eigenvalue weighted by Crippen LogP contribution is -2.03. The Kier molecular flexibility index (Phi) is 3.09. The van der Waals surface area contributed by atoms with E-state index in [4.69, 9.17) is 26.9 Å². The second-order valence-corrected chi connectivity index (χ2v) is 3.47. The van der Waals surface area contributed by atoms with E-state index in [9.17, 15) is 0 Å². The molecule has 2 aromatic rings. The highest BCUT2D eigenvalue weighted by Gasteiger charge is 2.16. The van der Waals surface area contributed by atoms with E-state index in [2.05, 4.69) is 15.0 Å². The molecule has 0 aliphatic rings. The van der Waals surface area contributed by atoms with Crippen molar-refractivity contribution >= 4 is 11.6 Å². The second-order valence-electron chi connectivity index (χ2n) is 3.06. The average molecular weight is 261 g/mol. The summed E-state index contributed by atoms with van der Waals surface area (Å²) in [6, 6.07) is 3.79. The first-order valence-electron chi connectivity index (χ1n) is 4.65. The molecule has 0 saturated heterocycles. The quantitative estimate of drug-likeness (QED) is 0.800. The normalized spacial score (nSPS) is 9.56. The van der Waals surface area contributed by atoms with Crippen molar-refractivity contribution in [1.82, 2.24) is 19.5 Å². The predicted octanol–water partition coefficient (Wildman–Crippen LogP) is 1.07. The van der Waals surface area contributed by atoms with Gasteiger partial charge in [-0.2, -0.15) is 15.5 Å². The molecule has 0 saturated carbocycles. The lowest BCUT2D eigenvalue weighted by atomic mass is 10.3. The molecule has 0 fully saturated rings. The summed E-state index contributed by atoms with van der Waals surface area (Å²) < 4.78 is 6.19. The molecule has 0 amide bonds. The number of imidazole rings is 1. The summed E-state index contributed by atoms with van der Waals surface area (Å²) in [6.07, 6.45) is 2.64. The Hall–Kier alpha value is -2.64. The van der Waals surface area contributed by atoms with Crippen molar-refractivity contribution in [2.24, 2.45) is 0 Å². The molecular weight excluding hydrogens is 256 g/mol. The number of halogens is 1. The molecule has 0 aliphatic heterocycles. The van der Waals surface area contributed by atoms with Gasteiger partial charge in [0.2, 0.25) is 0 Å². The van der Waals surface area contributed by atoms with E-state index in [-0.39, 0.29) is 28.2 Å². The van der Waals surface area contributed by atoms with Crippen molar-refractivity contribution in [3.8, 4) is 24.0 Å². The van der Waals surface area contributed by atoms with Crippen molar-refractivity contribution in [1.29, 1.82) is 10.5 Å². The van der Waals surface area contributed by atoms with Crippen LogP contribution in [0.5, 0.6) is 6.01 Å². The lowest BCUT2D eigenvalue weighted by molar-refractivity contribution is 0.379. The van der Waals surface area contributed by atoms with Gasteiger partial charge in [-0.05, 0) is 0 Å². The number of nitriles is 2. The minimum absolute atomic E-state index is 0.00569. The zero-order valence-corrected chi connectivity index (χ0v) is 9.88. The van der Waals surface area contributed by atoms with Gasteiger partial charge in [0.25, 0.3) is 0 Å².